The average molecular weight is 342 g/mol. The number of rotatable bonds is 9. The third-order valence-electron chi connectivity index (χ3n) is 4.03. The molecule has 1 aromatic carbocycles. The van der Waals surface area contributed by atoms with Crippen LogP contribution < -0.4 is 10.1 Å². The SMILES string of the molecule is CCCCC(CC)CC(NC)c1ccc(Br)cc1OC. The van der Waals surface area contributed by atoms with Gasteiger partial charge in [-0.2, -0.15) is 0 Å². The van der Waals surface area contributed by atoms with Gasteiger partial charge in [0.2, 0.25) is 0 Å². The maximum atomic E-state index is 5.54. The zero-order valence-corrected chi connectivity index (χ0v) is 14.8. The summed E-state index contributed by atoms with van der Waals surface area (Å²) in [5, 5.41) is 3.46. The molecule has 0 aromatic heterocycles. The molecule has 2 nitrogen and oxygen atoms in total. The van der Waals surface area contributed by atoms with E-state index in [-0.39, 0.29) is 0 Å². The van der Waals surface area contributed by atoms with Gasteiger partial charge in [-0.3, -0.25) is 0 Å². The number of halogens is 1. The zero-order valence-electron chi connectivity index (χ0n) is 13.2. The van der Waals surface area contributed by atoms with Crippen LogP contribution >= 0.6 is 15.9 Å². The average Bonchev–Trinajstić information content (AvgIpc) is 2.48. The topological polar surface area (TPSA) is 21.3 Å². The van der Waals surface area contributed by atoms with Crippen molar-refractivity contribution in [1.82, 2.24) is 5.32 Å². The van der Waals surface area contributed by atoms with Gasteiger partial charge in [0.05, 0.1) is 7.11 Å². The molecule has 1 rings (SSSR count). The molecule has 20 heavy (non-hydrogen) atoms. The molecule has 0 bridgehead atoms. The minimum Gasteiger partial charge on any atom is -0.496 e. The van der Waals surface area contributed by atoms with Crippen molar-refractivity contribution in [1.29, 1.82) is 0 Å². The first-order chi connectivity index (χ1) is 9.65. The summed E-state index contributed by atoms with van der Waals surface area (Å²) in [6.45, 7) is 4.56. The predicted octanol–water partition coefficient (Wildman–Crippen LogP) is 5.32. The van der Waals surface area contributed by atoms with E-state index in [0.29, 0.717) is 6.04 Å². The molecule has 0 spiro atoms. The van der Waals surface area contributed by atoms with Crippen LogP contribution in [0.5, 0.6) is 5.75 Å². The van der Waals surface area contributed by atoms with E-state index in [0.717, 1.165) is 16.1 Å². The second kappa shape index (κ2) is 9.41. The van der Waals surface area contributed by atoms with Crippen molar-refractivity contribution in [2.75, 3.05) is 14.2 Å². The van der Waals surface area contributed by atoms with Crippen molar-refractivity contribution in [3.05, 3.63) is 28.2 Å². The van der Waals surface area contributed by atoms with Gasteiger partial charge < -0.3 is 10.1 Å². The highest BCUT2D eigenvalue weighted by atomic mass is 79.9. The number of ether oxygens (including phenoxy) is 1. The standard InChI is InChI=1S/C17H28BrNO/c1-5-7-8-13(6-2)11-16(19-3)15-10-9-14(18)12-17(15)20-4/h9-10,12-13,16,19H,5-8,11H2,1-4H3. The second-order valence-electron chi connectivity index (χ2n) is 5.38. The number of nitrogens with one attached hydrogen (secondary N) is 1. The van der Waals surface area contributed by atoms with Gasteiger partial charge in [-0.15, -0.1) is 0 Å². The summed E-state index contributed by atoms with van der Waals surface area (Å²) in [4.78, 5) is 0. The molecule has 0 amide bonds. The molecule has 0 saturated heterocycles. The van der Waals surface area contributed by atoms with E-state index in [4.69, 9.17) is 4.74 Å². The van der Waals surface area contributed by atoms with Crippen LogP contribution in [0.4, 0.5) is 0 Å². The molecule has 0 heterocycles. The Hall–Kier alpha value is -0.540. The van der Waals surface area contributed by atoms with Gasteiger partial charge >= 0.3 is 0 Å². The summed E-state index contributed by atoms with van der Waals surface area (Å²) in [5.74, 6) is 1.74. The van der Waals surface area contributed by atoms with E-state index in [9.17, 15) is 0 Å². The summed E-state index contributed by atoms with van der Waals surface area (Å²) >= 11 is 3.51. The van der Waals surface area contributed by atoms with Gasteiger partial charge in [-0.05, 0) is 31.5 Å². The lowest BCUT2D eigenvalue weighted by Crippen LogP contribution is -2.20. The molecule has 0 fully saturated rings. The monoisotopic (exact) mass is 341 g/mol. The van der Waals surface area contributed by atoms with E-state index >= 15 is 0 Å². The molecule has 114 valence electrons. The van der Waals surface area contributed by atoms with Crippen LogP contribution in [-0.2, 0) is 0 Å². The minimum atomic E-state index is 0.361. The van der Waals surface area contributed by atoms with Crippen LogP contribution in [0.1, 0.15) is 57.6 Å². The minimum absolute atomic E-state index is 0.361. The van der Waals surface area contributed by atoms with Crippen LogP contribution in [0, 0.1) is 5.92 Å². The van der Waals surface area contributed by atoms with Crippen molar-refractivity contribution < 1.29 is 4.74 Å². The first-order valence-corrected chi connectivity index (χ1v) is 8.46. The fraction of sp³-hybridized carbons (Fsp3) is 0.647. The van der Waals surface area contributed by atoms with Gasteiger partial charge in [-0.1, -0.05) is 61.5 Å². The summed E-state index contributed by atoms with van der Waals surface area (Å²) in [6.07, 6.45) is 6.35. The van der Waals surface area contributed by atoms with Gasteiger partial charge in [0, 0.05) is 16.1 Å². The lowest BCUT2D eigenvalue weighted by Gasteiger charge is -2.24. The second-order valence-corrected chi connectivity index (χ2v) is 6.30. The van der Waals surface area contributed by atoms with E-state index in [1.54, 1.807) is 7.11 Å². The highest BCUT2D eigenvalue weighted by Crippen LogP contribution is 2.33. The predicted molar refractivity (Wildman–Crippen MR) is 90.4 cm³/mol. The highest BCUT2D eigenvalue weighted by Gasteiger charge is 2.18. The van der Waals surface area contributed by atoms with E-state index in [1.165, 1.54) is 37.7 Å². The van der Waals surface area contributed by atoms with Crippen LogP contribution in [0.3, 0.4) is 0 Å². The third kappa shape index (κ3) is 5.10. The maximum absolute atomic E-state index is 5.54. The van der Waals surface area contributed by atoms with E-state index in [1.807, 2.05) is 13.1 Å². The van der Waals surface area contributed by atoms with E-state index < -0.39 is 0 Å². The molecule has 1 N–H and O–H groups in total. The van der Waals surface area contributed by atoms with Crippen LogP contribution in [0.15, 0.2) is 22.7 Å². The van der Waals surface area contributed by atoms with Gasteiger partial charge in [-0.25, -0.2) is 0 Å². The first kappa shape index (κ1) is 17.5. The molecule has 1 aromatic rings. The molecule has 0 aliphatic heterocycles. The first-order valence-electron chi connectivity index (χ1n) is 7.66. The summed E-state index contributed by atoms with van der Waals surface area (Å²) in [6, 6.07) is 6.67. The highest BCUT2D eigenvalue weighted by molar-refractivity contribution is 9.10. The lowest BCUT2D eigenvalue weighted by molar-refractivity contribution is 0.350. The molecule has 2 unspecified atom stereocenters. The van der Waals surface area contributed by atoms with Crippen molar-refractivity contribution in [2.24, 2.45) is 5.92 Å². The van der Waals surface area contributed by atoms with Gasteiger partial charge in [0.25, 0.3) is 0 Å². The number of hydrogen-bond acceptors (Lipinski definition) is 2. The van der Waals surface area contributed by atoms with Crippen LogP contribution in [0.2, 0.25) is 0 Å². The van der Waals surface area contributed by atoms with Gasteiger partial charge in [0.1, 0.15) is 5.75 Å². The fourth-order valence-electron chi connectivity index (χ4n) is 2.69. The smallest absolute Gasteiger partial charge is 0.124 e. The molecule has 2 atom stereocenters. The van der Waals surface area contributed by atoms with Crippen LogP contribution in [0.25, 0.3) is 0 Å². The Kier molecular flexibility index (Phi) is 8.24. The Morgan fingerprint density at radius 1 is 1.30 bits per heavy atom. The van der Waals surface area contributed by atoms with Crippen LogP contribution in [-0.4, -0.2) is 14.2 Å². The van der Waals surface area contributed by atoms with Crippen molar-refractivity contribution in [3.8, 4) is 5.75 Å². The maximum Gasteiger partial charge on any atom is 0.124 e. The summed E-state index contributed by atoms with van der Waals surface area (Å²) < 4.78 is 6.60. The number of benzene rings is 1. The number of methoxy groups -OCH3 is 1. The van der Waals surface area contributed by atoms with Crippen molar-refractivity contribution in [2.45, 2.75) is 52.0 Å². The molecular formula is C17H28BrNO. The Labute approximate surface area is 132 Å². The molecule has 0 aliphatic carbocycles. The van der Waals surface area contributed by atoms with Crippen molar-refractivity contribution in [3.63, 3.8) is 0 Å². The van der Waals surface area contributed by atoms with Crippen molar-refractivity contribution >= 4 is 15.9 Å². The Morgan fingerprint density at radius 3 is 2.60 bits per heavy atom. The Balaban J connectivity index is 2.84. The molecule has 0 saturated carbocycles. The Bertz CT molecular complexity index is 395. The quantitative estimate of drug-likeness (QED) is 0.655. The van der Waals surface area contributed by atoms with Gasteiger partial charge in [0.15, 0.2) is 0 Å². The molecule has 3 heteroatoms. The fourth-order valence-corrected chi connectivity index (χ4v) is 3.03. The molecular weight excluding hydrogens is 314 g/mol. The Morgan fingerprint density at radius 2 is 2.05 bits per heavy atom. The summed E-state index contributed by atoms with van der Waals surface area (Å²) in [7, 11) is 3.78. The third-order valence-corrected chi connectivity index (χ3v) is 4.52. The molecule has 0 aliphatic rings. The summed E-state index contributed by atoms with van der Waals surface area (Å²) in [5.41, 5.74) is 1.26. The zero-order chi connectivity index (χ0) is 15.0. The van der Waals surface area contributed by atoms with E-state index in [2.05, 4.69) is 47.2 Å². The number of hydrogen-bond donors (Lipinski definition) is 1. The molecule has 0 radical (unpaired) electrons. The normalized spacial score (nSPS) is 14.1. The largest absolute Gasteiger partial charge is 0.496 e. The number of unbranched alkanes of at least 4 members (excludes halogenated alkanes) is 1. The lowest BCUT2D eigenvalue weighted by atomic mass is 9.89.